The average Bonchev–Trinajstić information content (AvgIpc) is 3.54. The number of halogens is 2. The number of H-pyrrole nitrogens is 1. The predicted molar refractivity (Wildman–Crippen MR) is 151 cm³/mol. The van der Waals surface area contributed by atoms with Crippen molar-refractivity contribution in [2.75, 3.05) is 7.11 Å². The second kappa shape index (κ2) is 10.5. The van der Waals surface area contributed by atoms with E-state index in [1.165, 1.54) is 12.1 Å². The Kier molecular flexibility index (Phi) is 6.76. The molecule has 0 saturated carbocycles. The van der Waals surface area contributed by atoms with Gasteiger partial charge in [-0.2, -0.15) is 5.10 Å². The van der Waals surface area contributed by atoms with Gasteiger partial charge in [0.15, 0.2) is 0 Å². The standard InChI is InChI=1S/C32H24ClFN4O2/c1-40-31-28(18-21-5-12-26(13-6-21)38-17-3-16-36-38)30(33)27-19-23(9-14-29(27)37-31)32(39,24-4-2-15-35-20-24)22-7-10-25(34)11-8-22/h2-17,19-20,39H,18H2,1H3/p+1. The lowest BCUT2D eigenvalue weighted by Crippen LogP contribution is -2.31. The second-order valence-corrected chi connectivity index (χ2v) is 9.83. The fourth-order valence-corrected chi connectivity index (χ4v) is 5.29. The van der Waals surface area contributed by atoms with E-state index in [9.17, 15) is 9.50 Å². The van der Waals surface area contributed by atoms with Crippen molar-refractivity contribution in [2.45, 2.75) is 12.0 Å². The van der Waals surface area contributed by atoms with Crippen molar-refractivity contribution in [2.24, 2.45) is 0 Å². The highest BCUT2D eigenvalue weighted by Crippen LogP contribution is 2.40. The number of fused-ring (bicyclic) bond motifs is 1. The Hall–Kier alpha value is -4.59. The minimum atomic E-state index is -1.61. The van der Waals surface area contributed by atoms with Crippen LogP contribution in [-0.4, -0.2) is 27.3 Å². The van der Waals surface area contributed by atoms with Crippen LogP contribution in [0.4, 0.5) is 4.39 Å². The summed E-state index contributed by atoms with van der Waals surface area (Å²) in [4.78, 5) is 8.94. The van der Waals surface area contributed by atoms with E-state index in [-0.39, 0.29) is 5.82 Å². The summed E-state index contributed by atoms with van der Waals surface area (Å²) in [7, 11) is 1.57. The van der Waals surface area contributed by atoms with Crippen LogP contribution in [0.25, 0.3) is 16.6 Å². The van der Waals surface area contributed by atoms with Crippen LogP contribution in [0, 0.1) is 5.82 Å². The lowest BCUT2D eigenvalue weighted by atomic mass is 9.80. The van der Waals surface area contributed by atoms with Crippen LogP contribution < -0.4 is 9.42 Å². The number of ether oxygens (including phenoxy) is 1. The van der Waals surface area contributed by atoms with E-state index < -0.39 is 5.60 Å². The molecule has 0 aliphatic rings. The van der Waals surface area contributed by atoms with Gasteiger partial charge in [-0.3, -0.25) is 4.98 Å². The summed E-state index contributed by atoms with van der Waals surface area (Å²) in [6, 6.07) is 24.8. The van der Waals surface area contributed by atoms with Crippen molar-refractivity contribution in [1.82, 2.24) is 15.1 Å². The largest absolute Gasteiger partial charge is 0.481 e. The SMILES string of the molecule is COc1nc2ccc(C(O)(c3ccc(F)cc3)c3cccnc3)cc2c(Cl)c1Cc1ccc(-[n+]2ccc[nH]2)cc1. The molecule has 0 aliphatic carbocycles. The molecule has 0 saturated heterocycles. The maximum atomic E-state index is 13.8. The smallest absolute Gasteiger partial charge is 0.235 e. The summed E-state index contributed by atoms with van der Waals surface area (Å²) in [6.45, 7) is 0. The van der Waals surface area contributed by atoms with E-state index >= 15 is 0 Å². The Balaban J connectivity index is 1.46. The van der Waals surface area contributed by atoms with Crippen LogP contribution in [0.3, 0.4) is 0 Å². The molecule has 198 valence electrons. The molecule has 8 heteroatoms. The molecule has 0 bridgehead atoms. The number of hydrogen-bond acceptors (Lipinski definition) is 4. The van der Waals surface area contributed by atoms with E-state index in [2.05, 4.69) is 10.1 Å². The first kappa shape index (κ1) is 25.7. The fourth-order valence-electron chi connectivity index (χ4n) is 4.99. The molecule has 0 aliphatic heterocycles. The molecule has 0 radical (unpaired) electrons. The van der Waals surface area contributed by atoms with Gasteiger partial charge in [0.2, 0.25) is 17.8 Å². The van der Waals surface area contributed by atoms with Gasteiger partial charge in [-0.25, -0.2) is 9.37 Å². The minimum Gasteiger partial charge on any atom is -0.481 e. The van der Waals surface area contributed by atoms with Gasteiger partial charge >= 0.3 is 0 Å². The summed E-state index contributed by atoms with van der Waals surface area (Å²) in [6.07, 6.45) is 7.53. The van der Waals surface area contributed by atoms with Crippen molar-refractivity contribution in [3.63, 3.8) is 0 Å². The molecule has 40 heavy (non-hydrogen) atoms. The molecule has 0 spiro atoms. The van der Waals surface area contributed by atoms with Crippen molar-refractivity contribution in [3.8, 4) is 11.6 Å². The zero-order valence-corrected chi connectivity index (χ0v) is 22.3. The molecule has 1 atom stereocenters. The lowest BCUT2D eigenvalue weighted by Gasteiger charge is -2.30. The van der Waals surface area contributed by atoms with Gasteiger partial charge in [-0.1, -0.05) is 52.7 Å². The monoisotopic (exact) mass is 551 g/mol. The molecule has 6 nitrogen and oxygen atoms in total. The first-order valence-corrected chi connectivity index (χ1v) is 13.0. The molecule has 3 heterocycles. The van der Waals surface area contributed by atoms with Gasteiger partial charge in [-0.15, -0.1) is 0 Å². The van der Waals surface area contributed by atoms with E-state index in [1.54, 1.807) is 55.9 Å². The van der Waals surface area contributed by atoms with Crippen molar-refractivity contribution in [1.29, 1.82) is 0 Å². The Labute approximate surface area is 235 Å². The van der Waals surface area contributed by atoms with Crippen LogP contribution in [0.1, 0.15) is 27.8 Å². The van der Waals surface area contributed by atoms with Gasteiger partial charge in [0, 0.05) is 53.5 Å². The van der Waals surface area contributed by atoms with E-state index in [0.717, 1.165) is 16.8 Å². The highest BCUT2D eigenvalue weighted by Gasteiger charge is 2.35. The summed E-state index contributed by atoms with van der Waals surface area (Å²) in [5.74, 6) is 0.0495. The number of benzene rings is 3. The highest BCUT2D eigenvalue weighted by molar-refractivity contribution is 6.36. The van der Waals surface area contributed by atoms with Gasteiger partial charge in [-0.05, 0) is 47.0 Å². The third-order valence-electron chi connectivity index (χ3n) is 7.07. The van der Waals surface area contributed by atoms with E-state index in [1.807, 2.05) is 53.5 Å². The second-order valence-electron chi connectivity index (χ2n) is 9.46. The average molecular weight is 552 g/mol. The van der Waals surface area contributed by atoms with Gasteiger partial charge in [0.05, 0.1) is 23.8 Å². The Morgan fingerprint density at radius 3 is 2.42 bits per heavy atom. The Morgan fingerprint density at radius 2 is 1.75 bits per heavy atom. The van der Waals surface area contributed by atoms with E-state index in [4.69, 9.17) is 21.3 Å². The first-order valence-electron chi connectivity index (χ1n) is 12.7. The van der Waals surface area contributed by atoms with E-state index in [0.29, 0.717) is 44.9 Å². The first-order chi connectivity index (χ1) is 19.5. The number of aromatic nitrogens is 4. The Morgan fingerprint density at radius 1 is 0.975 bits per heavy atom. The summed E-state index contributed by atoms with van der Waals surface area (Å²) in [5, 5.41) is 16.5. The number of nitrogens with one attached hydrogen (secondary N) is 1. The quantitative estimate of drug-likeness (QED) is 0.242. The van der Waals surface area contributed by atoms with Crippen LogP contribution in [0.15, 0.2) is 110 Å². The topological polar surface area (TPSA) is 74.9 Å². The number of hydrogen-bond donors (Lipinski definition) is 2. The number of pyridine rings is 2. The molecule has 1 unspecified atom stereocenters. The summed E-state index contributed by atoms with van der Waals surface area (Å²) < 4.78 is 21.4. The molecule has 0 amide bonds. The lowest BCUT2D eigenvalue weighted by molar-refractivity contribution is -0.655. The van der Waals surface area contributed by atoms with Gasteiger partial charge in [0.25, 0.3) is 0 Å². The van der Waals surface area contributed by atoms with Gasteiger partial charge in [0.1, 0.15) is 11.4 Å². The third kappa shape index (κ3) is 4.59. The van der Waals surface area contributed by atoms with Crippen LogP contribution in [0.2, 0.25) is 5.02 Å². The molecule has 6 aromatic rings. The number of methoxy groups -OCH3 is 1. The molecule has 3 aromatic heterocycles. The van der Waals surface area contributed by atoms with Gasteiger partial charge < -0.3 is 9.84 Å². The Bertz CT molecular complexity index is 1780. The molecular formula is C32H25ClFN4O2+. The summed E-state index contributed by atoms with van der Waals surface area (Å²) >= 11 is 7.05. The molecule has 6 rings (SSSR count). The number of nitrogens with zero attached hydrogens (tertiary/aromatic N) is 3. The van der Waals surface area contributed by atoms with Crippen LogP contribution in [-0.2, 0) is 12.0 Å². The van der Waals surface area contributed by atoms with Crippen LogP contribution in [0.5, 0.6) is 5.88 Å². The third-order valence-corrected chi connectivity index (χ3v) is 7.50. The fraction of sp³-hybridized carbons (Fsp3) is 0.0938. The molecule has 0 fully saturated rings. The van der Waals surface area contributed by atoms with Crippen molar-refractivity contribution < 1.29 is 18.9 Å². The number of aliphatic hydroxyl groups is 1. The molecule has 2 N–H and O–H groups in total. The van der Waals surface area contributed by atoms with Crippen LogP contribution >= 0.6 is 11.6 Å². The predicted octanol–water partition coefficient (Wildman–Crippen LogP) is 5.91. The zero-order valence-electron chi connectivity index (χ0n) is 21.6. The number of aromatic amines is 1. The number of rotatable bonds is 7. The minimum absolute atomic E-state index is 0.390. The summed E-state index contributed by atoms with van der Waals surface area (Å²) in [5.41, 5.74) is 3.38. The molecular weight excluding hydrogens is 527 g/mol. The van der Waals surface area contributed by atoms with Crippen molar-refractivity contribution in [3.05, 3.63) is 148 Å². The highest BCUT2D eigenvalue weighted by atomic mass is 35.5. The maximum Gasteiger partial charge on any atom is 0.235 e. The maximum absolute atomic E-state index is 13.8. The zero-order chi connectivity index (χ0) is 27.7. The normalized spacial score (nSPS) is 12.8. The molecule has 3 aromatic carbocycles. The van der Waals surface area contributed by atoms with Crippen molar-refractivity contribution >= 4 is 22.5 Å².